The van der Waals surface area contributed by atoms with Crippen molar-refractivity contribution in [1.29, 1.82) is 0 Å². The Hall–Kier alpha value is -1.48. The summed E-state index contributed by atoms with van der Waals surface area (Å²) in [6.07, 6.45) is 0.739. The van der Waals surface area contributed by atoms with Crippen molar-refractivity contribution in [2.45, 2.75) is 23.7 Å². The number of hydrogen-bond acceptors (Lipinski definition) is 5. The number of halogens is 2. The first-order valence-corrected chi connectivity index (χ1v) is 10.7. The molecule has 1 aliphatic rings. The van der Waals surface area contributed by atoms with Crippen molar-refractivity contribution < 1.29 is 22.3 Å². The highest BCUT2D eigenvalue weighted by molar-refractivity contribution is 7.91. The maximum Gasteiger partial charge on any atom is 0.309 e. The van der Waals surface area contributed by atoms with Crippen molar-refractivity contribution >= 4 is 38.9 Å². The molecule has 1 aliphatic heterocycles. The quantitative estimate of drug-likeness (QED) is 0.696. The van der Waals surface area contributed by atoms with Gasteiger partial charge in [0.05, 0.1) is 10.9 Å². The maximum absolute atomic E-state index is 13.7. The van der Waals surface area contributed by atoms with Gasteiger partial charge in [-0.1, -0.05) is 23.7 Å². The predicted octanol–water partition coefficient (Wildman–Crippen LogP) is 3.68. The van der Waals surface area contributed by atoms with Crippen LogP contribution in [0.3, 0.4) is 0 Å². The van der Waals surface area contributed by atoms with Crippen molar-refractivity contribution in [2.75, 3.05) is 13.1 Å². The minimum absolute atomic E-state index is 0.139. The summed E-state index contributed by atoms with van der Waals surface area (Å²) < 4.78 is 45.5. The van der Waals surface area contributed by atoms with E-state index in [0.717, 1.165) is 0 Å². The fourth-order valence-electron chi connectivity index (χ4n) is 2.80. The lowest BCUT2D eigenvalue weighted by molar-refractivity contribution is -0.151. The second-order valence-corrected chi connectivity index (χ2v) is 9.44. The number of hydrogen-bond donors (Lipinski definition) is 0. The molecule has 1 aromatic heterocycles. The van der Waals surface area contributed by atoms with Crippen LogP contribution in [0.25, 0.3) is 0 Å². The molecule has 0 radical (unpaired) electrons. The molecule has 2 aromatic rings. The van der Waals surface area contributed by atoms with Crippen LogP contribution < -0.4 is 0 Å². The number of sulfonamides is 1. The number of piperidine rings is 1. The van der Waals surface area contributed by atoms with Crippen LogP contribution in [0.1, 0.15) is 18.4 Å². The first-order valence-electron chi connectivity index (χ1n) is 8.03. The van der Waals surface area contributed by atoms with E-state index in [1.807, 2.05) is 0 Å². The lowest BCUT2D eigenvalue weighted by Crippen LogP contribution is -2.40. The highest BCUT2D eigenvalue weighted by Gasteiger charge is 2.33. The molecular formula is C17H17ClFNO4S2. The van der Waals surface area contributed by atoms with Gasteiger partial charge in [0.15, 0.2) is 0 Å². The first kappa shape index (κ1) is 19.3. The molecule has 5 nitrogen and oxygen atoms in total. The monoisotopic (exact) mass is 417 g/mol. The van der Waals surface area contributed by atoms with E-state index in [1.54, 1.807) is 17.5 Å². The number of esters is 1. The van der Waals surface area contributed by atoms with Gasteiger partial charge in [0.2, 0.25) is 0 Å². The Morgan fingerprint density at radius 2 is 2.00 bits per heavy atom. The summed E-state index contributed by atoms with van der Waals surface area (Å²) in [7, 11) is -3.50. The molecule has 0 aliphatic carbocycles. The molecule has 0 bridgehead atoms. The largest absolute Gasteiger partial charge is 0.460 e. The zero-order valence-electron chi connectivity index (χ0n) is 13.7. The van der Waals surface area contributed by atoms with Gasteiger partial charge >= 0.3 is 5.97 Å². The van der Waals surface area contributed by atoms with Crippen molar-refractivity contribution in [3.8, 4) is 0 Å². The summed E-state index contributed by atoms with van der Waals surface area (Å²) in [4.78, 5) is 12.2. The van der Waals surface area contributed by atoms with Crippen molar-refractivity contribution in [3.05, 3.63) is 52.1 Å². The number of nitrogens with zero attached hydrogens (tertiary/aromatic N) is 1. The minimum Gasteiger partial charge on any atom is -0.460 e. The fourth-order valence-corrected chi connectivity index (χ4v) is 5.63. The van der Waals surface area contributed by atoms with Crippen LogP contribution in [0, 0.1) is 11.7 Å². The van der Waals surface area contributed by atoms with Gasteiger partial charge in [-0.05, 0) is 36.4 Å². The highest BCUT2D eigenvalue weighted by atomic mass is 35.5. The Morgan fingerprint density at radius 1 is 1.27 bits per heavy atom. The van der Waals surface area contributed by atoms with Crippen molar-refractivity contribution in [3.63, 3.8) is 0 Å². The topological polar surface area (TPSA) is 63.7 Å². The third-order valence-electron chi connectivity index (χ3n) is 4.30. The molecule has 1 aromatic carbocycles. The van der Waals surface area contributed by atoms with E-state index in [0.29, 0.717) is 17.1 Å². The van der Waals surface area contributed by atoms with Gasteiger partial charge in [0, 0.05) is 18.7 Å². The minimum atomic E-state index is -3.50. The first-order chi connectivity index (χ1) is 12.4. The summed E-state index contributed by atoms with van der Waals surface area (Å²) in [6.45, 7) is 0.263. The lowest BCUT2D eigenvalue weighted by atomic mass is 9.98. The molecule has 0 saturated carbocycles. The predicted molar refractivity (Wildman–Crippen MR) is 97.0 cm³/mol. The standard InChI is InChI=1S/C17H17ClFNO4S2/c18-14-3-1-4-15(19)13(14)11-24-17(21)12-6-8-20(9-7-12)26(22,23)16-5-2-10-25-16/h1-5,10,12H,6-9,11H2. The van der Waals surface area contributed by atoms with Crippen LogP contribution in [-0.2, 0) is 26.2 Å². The number of benzene rings is 1. The molecule has 0 N–H and O–H groups in total. The maximum atomic E-state index is 13.7. The van der Waals surface area contributed by atoms with E-state index in [9.17, 15) is 17.6 Å². The van der Waals surface area contributed by atoms with Crippen LogP contribution in [0.2, 0.25) is 5.02 Å². The van der Waals surface area contributed by atoms with Gasteiger partial charge in [0.25, 0.3) is 10.0 Å². The SMILES string of the molecule is O=C(OCc1c(F)cccc1Cl)C1CCN(S(=O)(=O)c2cccs2)CC1. The molecule has 3 rings (SSSR count). The highest BCUT2D eigenvalue weighted by Crippen LogP contribution is 2.27. The number of carbonyl (C=O) groups is 1. The summed E-state index contributed by atoms with van der Waals surface area (Å²) >= 11 is 7.08. The summed E-state index contributed by atoms with van der Waals surface area (Å²) in [5.41, 5.74) is 0.139. The van der Waals surface area contributed by atoms with Gasteiger partial charge in [-0.2, -0.15) is 4.31 Å². The van der Waals surface area contributed by atoms with Crippen LogP contribution in [0.4, 0.5) is 4.39 Å². The summed E-state index contributed by atoms with van der Waals surface area (Å²) in [5.74, 6) is -1.39. The van der Waals surface area contributed by atoms with E-state index in [4.69, 9.17) is 16.3 Å². The normalized spacial score (nSPS) is 16.5. The molecule has 0 unspecified atom stereocenters. The summed E-state index contributed by atoms with van der Waals surface area (Å²) in [5, 5.41) is 1.92. The van der Waals surface area contributed by atoms with Crippen molar-refractivity contribution in [1.82, 2.24) is 4.31 Å². The number of carbonyl (C=O) groups excluding carboxylic acids is 1. The molecule has 9 heteroatoms. The lowest BCUT2D eigenvalue weighted by Gasteiger charge is -2.29. The van der Waals surface area contributed by atoms with Crippen LogP contribution in [0.15, 0.2) is 39.9 Å². The van der Waals surface area contributed by atoms with Gasteiger partial charge in [-0.15, -0.1) is 11.3 Å². The molecule has 140 valence electrons. The van der Waals surface area contributed by atoms with E-state index < -0.39 is 27.7 Å². The Kier molecular flexibility index (Phi) is 5.96. The Morgan fingerprint density at radius 3 is 2.62 bits per heavy atom. The molecule has 1 fully saturated rings. The van der Waals surface area contributed by atoms with E-state index >= 15 is 0 Å². The third-order valence-corrected chi connectivity index (χ3v) is 7.92. The molecule has 0 spiro atoms. The smallest absolute Gasteiger partial charge is 0.309 e. The average molecular weight is 418 g/mol. The van der Waals surface area contributed by atoms with Crippen molar-refractivity contribution in [2.24, 2.45) is 5.92 Å². The van der Waals surface area contributed by atoms with Gasteiger partial charge < -0.3 is 4.74 Å². The molecule has 26 heavy (non-hydrogen) atoms. The zero-order valence-corrected chi connectivity index (χ0v) is 16.1. The number of rotatable bonds is 5. The molecule has 1 saturated heterocycles. The zero-order chi connectivity index (χ0) is 18.7. The molecule has 0 atom stereocenters. The fraction of sp³-hybridized carbons (Fsp3) is 0.353. The molecule has 2 heterocycles. The molecular weight excluding hydrogens is 401 g/mol. The van der Waals surface area contributed by atoms with Crippen LogP contribution in [0.5, 0.6) is 0 Å². The average Bonchev–Trinajstić information content (AvgIpc) is 3.17. The van der Waals surface area contributed by atoms with E-state index in [1.165, 1.54) is 33.8 Å². The van der Waals surface area contributed by atoms with Crippen LogP contribution in [-0.4, -0.2) is 31.8 Å². The molecule has 0 amide bonds. The second-order valence-electron chi connectivity index (χ2n) is 5.92. The Bertz CT molecular complexity index is 858. The van der Waals surface area contributed by atoms with Gasteiger partial charge in [0.1, 0.15) is 16.6 Å². The second kappa shape index (κ2) is 8.04. The third kappa shape index (κ3) is 4.09. The van der Waals surface area contributed by atoms with E-state index in [-0.39, 0.29) is 30.3 Å². The number of thiophene rings is 1. The van der Waals surface area contributed by atoms with E-state index in [2.05, 4.69) is 0 Å². The summed E-state index contributed by atoms with van der Waals surface area (Å²) in [6, 6.07) is 7.52. The van der Waals surface area contributed by atoms with Gasteiger partial charge in [-0.25, -0.2) is 12.8 Å². The Labute approximate surface area is 160 Å². The van der Waals surface area contributed by atoms with Crippen LogP contribution >= 0.6 is 22.9 Å². The number of ether oxygens (including phenoxy) is 1. The van der Waals surface area contributed by atoms with Gasteiger partial charge in [-0.3, -0.25) is 4.79 Å². The Balaban J connectivity index is 1.56.